The number of aromatic carboxylic acids is 1. The van der Waals surface area contributed by atoms with E-state index in [2.05, 4.69) is 4.98 Å². The minimum Gasteiger partial charge on any atom is -0.478 e. The lowest BCUT2D eigenvalue weighted by molar-refractivity contribution is 0.0698. The van der Waals surface area contributed by atoms with Crippen molar-refractivity contribution in [1.82, 2.24) is 4.98 Å². The maximum absolute atomic E-state index is 11.6. The van der Waals surface area contributed by atoms with Gasteiger partial charge in [-0.3, -0.25) is 0 Å². The zero-order valence-electron chi connectivity index (χ0n) is 11.9. The molecule has 21 heavy (non-hydrogen) atoms. The lowest BCUT2D eigenvalue weighted by Gasteiger charge is -2.12. The van der Waals surface area contributed by atoms with E-state index in [1.165, 1.54) is 0 Å². The number of hydrogen-bond donors (Lipinski definition) is 1. The largest absolute Gasteiger partial charge is 0.478 e. The molecule has 0 aliphatic rings. The molecule has 3 aromatic rings. The van der Waals surface area contributed by atoms with Crippen LogP contribution in [0.15, 0.2) is 48.5 Å². The van der Waals surface area contributed by atoms with Crippen LogP contribution in [0.25, 0.3) is 22.2 Å². The Hall–Kier alpha value is -2.68. The Balaban J connectivity index is 2.36. The van der Waals surface area contributed by atoms with Gasteiger partial charge in [-0.1, -0.05) is 48.0 Å². The van der Waals surface area contributed by atoms with Crippen molar-refractivity contribution < 1.29 is 9.90 Å². The van der Waals surface area contributed by atoms with Crippen LogP contribution in [0, 0.1) is 13.8 Å². The van der Waals surface area contributed by atoms with Crippen LogP contribution < -0.4 is 0 Å². The molecule has 1 aromatic heterocycles. The number of carboxylic acids is 1. The average Bonchev–Trinajstić information content (AvgIpc) is 2.47. The van der Waals surface area contributed by atoms with Gasteiger partial charge in [0.1, 0.15) is 0 Å². The van der Waals surface area contributed by atoms with E-state index in [0.29, 0.717) is 22.0 Å². The normalized spacial score (nSPS) is 10.8. The summed E-state index contributed by atoms with van der Waals surface area (Å²) in [6, 6.07) is 15.3. The van der Waals surface area contributed by atoms with Gasteiger partial charge in [0, 0.05) is 10.9 Å². The first-order valence-electron chi connectivity index (χ1n) is 6.77. The summed E-state index contributed by atoms with van der Waals surface area (Å²) in [4.78, 5) is 16.3. The van der Waals surface area contributed by atoms with Gasteiger partial charge < -0.3 is 5.11 Å². The zero-order chi connectivity index (χ0) is 15.0. The summed E-state index contributed by atoms with van der Waals surface area (Å²) < 4.78 is 0. The molecular weight excluding hydrogens is 262 g/mol. The number of pyridine rings is 1. The van der Waals surface area contributed by atoms with Gasteiger partial charge in [-0.05, 0) is 25.5 Å². The highest BCUT2D eigenvalue weighted by Gasteiger charge is 2.17. The van der Waals surface area contributed by atoms with Crippen molar-refractivity contribution in [2.75, 3.05) is 0 Å². The van der Waals surface area contributed by atoms with Crippen molar-refractivity contribution in [3.05, 3.63) is 65.2 Å². The number of aryl methyl sites for hydroxylation is 1. The molecule has 3 heteroatoms. The van der Waals surface area contributed by atoms with Crippen molar-refractivity contribution in [3.8, 4) is 11.3 Å². The summed E-state index contributed by atoms with van der Waals surface area (Å²) >= 11 is 0. The van der Waals surface area contributed by atoms with E-state index in [1.54, 1.807) is 6.07 Å². The van der Waals surface area contributed by atoms with Crippen LogP contribution in [-0.4, -0.2) is 16.1 Å². The van der Waals surface area contributed by atoms with E-state index < -0.39 is 5.97 Å². The first-order valence-corrected chi connectivity index (χ1v) is 6.77. The van der Waals surface area contributed by atoms with E-state index >= 15 is 0 Å². The van der Waals surface area contributed by atoms with Crippen LogP contribution in [0.2, 0.25) is 0 Å². The highest BCUT2D eigenvalue weighted by molar-refractivity contribution is 6.05. The standard InChI is InChI=1S/C18H15NO2/c1-11-7-9-13(10-8-11)17-12(2)16(18(20)21)14-5-3-4-6-15(14)19-17/h3-10H,1-2H3,(H,20,21). The maximum Gasteiger partial charge on any atom is 0.336 e. The highest BCUT2D eigenvalue weighted by Crippen LogP contribution is 2.29. The van der Waals surface area contributed by atoms with Gasteiger partial charge in [0.15, 0.2) is 0 Å². The number of nitrogens with zero attached hydrogens (tertiary/aromatic N) is 1. The number of rotatable bonds is 2. The molecule has 3 rings (SSSR count). The molecule has 104 valence electrons. The van der Waals surface area contributed by atoms with Crippen molar-refractivity contribution in [3.63, 3.8) is 0 Å². The quantitative estimate of drug-likeness (QED) is 0.763. The number of carboxylic acid groups (broad SMARTS) is 1. The average molecular weight is 277 g/mol. The third kappa shape index (κ3) is 2.27. The zero-order valence-corrected chi connectivity index (χ0v) is 11.9. The number of fused-ring (bicyclic) bond motifs is 1. The molecule has 0 aliphatic carbocycles. The minimum absolute atomic E-state index is 0.330. The molecule has 0 aliphatic heterocycles. The summed E-state index contributed by atoms with van der Waals surface area (Å²) in [5.41, 5.74) is 4.56. The van der Waals surface area contributed by atoms with Gasteiger partial charge in [-0.25, -0.2) is 9.78 Å². The molecule has 0 atom stereocenters. The summed E-state index contributed by atoms with van der Waals surface area (Å²) in [6.45, 7) is 3.84. The summed E-state index contributed by atoms with van der Waals surface area (Å²) in [5, 5.41) is 10.2. The van der Waals surface area contributed by atoms with Gasteiger partial charge in [-0.15, -0.1) is 0 Å². The smallest absolute Gasteiger partial charge is 0.336 e. The molecule has 0 fully saturated rings. The topological polar surface area (TPSA) is 50.2 Å². The molecule has 0 saturated carbocycles. The summed E-state index contributed by atoms with van der Waals surface area (Å²) in [7, 11) is 0. The highest BCUT2D eigenvalue weighted by atomic mass is 16.4. The van der Waals surface area contributed by atoms with Gasteiger partial charge in [0.25, 0.3) is 0 Å². The maximum atomic E-state index is 11.6. The fourth-order valence-corrected chi connectivity index (χ4v) is 2.58. The molecular formula is C18H15NO2. The second-order valence-corrected chi connectivity index (χ2v) is 5.15. The molecule has 0 amide bonds. The van der Waals surface area contributed by atoms with E-state index in [0.717, 1.165) is 16.8 Å². The fourth-order valence-electron chi connectivity index (χ4n) is 2.58. The third-order valence-electron chi connectivity index (χ3n) is 3.67. The molecule has 1 N–H and O–H groups in total. The molecule has 0 spiro atoms. The van der Waals surface area contributed by atoms with Crippen LogP contribution >= 0.6 is 0 Å². The summed E-state index contributed by atoms with van der Waals surface area (Å²) in [5.74, 6) is -0.917. The fraction of sp³-hybridized carbons (Fsp3) is 0.111. The Morgan fingerprint density at radius 3 is 2.33 bits per heavy atom. The van der Waals surface area contributed by atoms with Crippen LogP contribution in [-0.2, 0) is 0 Å². The Morgan fingerprint density at radius 1 is 1.00 bits per heavy atom. The predicted molar refractivity (Wildman–Crippen MR) is 83.6 cm³/mol. The molecule has 0 saturated heterocycles. The molecule has 1 heterocycles. The van der Waals surface area contributed by atoms with Crippen molar-refractivity contribution in [2.45, 2.75) is 13.8 Å². The number of benzene rings is 2. The van der Waals surface area contributed by atoms with E-state index in [1.807, 2.05) is 56.3 Å². The van der Waals surface area contributed by atoms with Gasteiger partial charge in [0.2, 0.25) is 0 Å². The van der Waals surface area contributed by atoms with Crippen LogP contribution in [0.3, 0.4) is 0 Å². The molecule has 2 aromatic carbocycles. The van der Waals surface area contributed by atoms with E-state index in [9.17, 15) is 9.90 Å². The first kappa shape index (κ1) is 13.3. The molecule has 0 unspecified atom stereocenters. The number of hydrogen-bond acceptors (Lipinski definition) is 2. The van der Waals surface area contributed by atoms with Gasteiger partial charge in [-0.2, -0.15) is 0 Å². The third-order valence-corrected chi connectivity index (χ3v) is 3.67. The van der Waals surface area contributed by atoms with Crippen LogP contribution in [0.1, 0.15) is 21.5 Å². The lowest BCUT2D eigenvalue weighted by atomic mass is 9.97. The van der Waals surface area contributed by atoms with Gasteiger partial charge in [0.05, 0.1) is 16.8 Å². The lowest BCUT2D eigenvalue weighted by Crippen LogP contribution is -2.04. The van der Waals surface area contributed by atoms with Crippen molar-refractivity contribution in [1.29, 1.82) is 0 Å². The van der Waals surface area contributed by atoms with Crippen LogP contribution in [0.4, 0.5) is 0 Å². The van der Waals surface area contributed by atoms with Gasteiger partial charge >= 0.3 is 5.97 Å². The Kier molecular flexibility index (Phi) is 3.18. The molecule has 3 nitrogen and oxygen atoms in total. The SMILES string of the molecule is Cc1ccc(-c2nc3ccccc3c(C(=O)O)c2C)cc1. The van der Waals surface area contributed by atoms with Crippen molar-refractivity contribution >= 4 is 16.9 Å². The van der Waals surface area contributed by atoms with Crippen LogP contribution in [0.5, 0.6) is 0 Å². The number of para-hydroxylation sites is 1. The number of aromatic nitrogens is 1. The second-order valence-electron chi connectivity index (χ2n) is 5.15. The Labute approximate surface area is 122 Å². The molecule has 0 bridgehead atoms. The Bertz CT molecular complexity index is 836. The van der Waals surface area contributed by atoms with E-state index in [4.69, 9.17) is 0 Å². The first-order chi connectivity index (χ1) is 10.1. The Morgan fingerprint density at radius 2 is 1.67 bits per heavy atom. The molecule has 0 radical (unpaired) electrons. The minimum atomic E-state index is -0.917. The number of carbonyl (C=O) groups is 1. The van der Waals surface area contributed by atoms with Crippen molar-refractivity contribution in [2.24, 2.45) is 0 Å². The monoisotopic (exact) mass is 277 g/mol. The predicted octanol–water partition coefficient (Wildman–Crippen LogP) is 4.22. The summed E-state index contributed by atoms with van der Waals surface area (Å²) in [6.07, 6.45) is 0. The second kappa shape index (κ2) is 5.02. The van der Waals surface area contributed by atoms with E-state index in [-0.39, 0.29) is 0 Å².